The first-order valence-electron chi connectivity index (χ1n) is 6.35. The molecular formula is C14H15BrNO3-. The normalized spacial score (nSPS) is 22.8. The fourth-order valence-electron chi connectivity index (χ4n) is 2.49. The van der Waals surface area contributed by atoms with E-state index >= 15 is 0 Å². The van der Waals surface area contributed by atoms with Gasteiger partial charge in [0.15, 0.2) is 0 Å². The third-order valence-electron chi connectivity index (χ3n) is 3.52. The lowest BCUT2D eigenvalue weighted by molar-refractivity contribution is -0.313. The number of carbonyl (C=O) groups excluding carboxylic acids is 2. The molecule has 0 aromatic heterocycles. The second-order valence-corrected chi connectivity index (χ2v) is 5.73. The molecule has 1 fully saturated rings. The van der Waals surface area contributed by atoms with Gasteiger partial charge in [-0.15, -0.1) is 0 Å². The van der Waals surface area contributed by atoms with Gasteiger partial charge < -0.3 is 15.2 Å². The van der Waals surface area contributed by atoms with Crippen LogP contribution in [-0.4, -0.2) is 11.9 Å². The van der Waals surface area contributed by atoms with Gasteiger partial charge in [0.05, 0.1) is 0 Å². The van der Waals surface area contributed by atoms with Crippen LogP contribution in [0.25, 0.3) is 0 Å². The monoisotopic (exact) mass is 324 g/mol. The highest BCUT2D eigenvalue weighted by atomic mass is 79.9. The van der Waals surface area contributed by atoms with Crippen molar-refractivity contribution in [2.45, 2.75) is 25.7 Å². The summed E-state index contributed by atoms with van der Waals surface area (Å²) in [5, 5.41) is 13.8. The van der Waals surface area contributed by atoms with Crippen molar-refractivity contribution >= 4 is 33.5 Å². The highest BCUT2D eigenvalue weighted by molar-refractivity contribution is 9.10. The maximum absolute atomic E-state index is 12.2. The zero-order valence-electron chi connectivity index (χ0n) is 10.4. The van der Waals surface area contributed by atoms with Gasteiger partial charge in [0.2, 0.25) is 5.91 Å². The van der Waals surface area contributed by atoms with E-state index in [1.807, 2.05) is 12.1 Å². The Kier molecular flexibility index (Phi) is 4.58. The number of carboxylic acid groups (broad SMARTS) is 1. The Morgan fingerprint density at radius 2 is 1.68 bits per heavy atom. The Labute approximate surface area is 120 Å². The molecule has 5 heteroatoms. The van der Waals surface area contributed by atoms with Gasteiger partial charge in [0.25, 0.3) is 0 Å². The van der Waals surface area contributed by atoms with Gasteiger partial charge in [-0.1, -0.05) is 28.8 Å². The van der Waals surface area contributed by atoms with Gasteiger partial charge >= 0.3 is 0 Å². The number of aliphatic carboxylic acids is 1. The number of anilines is 1. The van der Waals surface area contributed by atoms with E-state index in [0.29, 0.717) is 18.5 Å². The third-order valence-corrected chi connectivity index (χ3v) is 4.05. The van der Waals surface area contributed by atoms with Gasteiger partial charge in [-0.25, -0.2) is 0 Å². The van der Waals surface area contributed by atoms with Crippen LogP contribution in [-0.2, 0) is 9.59 Å². The number of benzene rings is 1. The largest absolute Gasteiger partial charge is 0.550 e. The summed E-state index contributed by atoms with van der Waals surface area (Å²) in [6.07, 6.45) is 2.88. The maximum Gasteiger partial charge on any atom is 0.228 e. The van der Waals surface area contributed by atoms with Crippen molar-refractivity contribution in [2.24, 2.45) is 11.8 Å². The van der Waals surface area contributed by atoms with Gasteiger partial charge in [0.1, 0.15) is 0 Å². The first-order valence-corrected chi connectivity index (χ1v) is 7.14. The van der Waals surface area contributed by atoms with E-state index in [1.165, 1.54) is 0 Å². The fraction of sp³-hybridized carbons (Fsp3) is 0.429. The van der Waals surface area contributed by atoms with Crippen molar-refractivity contribution in [3.63, 3.8) is 0 Å². The van der Waals surface area contributed by atoms with E-state index < -0.39 is 17.8 Å². The third kappa shape index (κ3) is 3.56. The Balaban J connectivity index is 2.05. The number of carboxylic acids is 1. The number of rotatable bonds is 3. The Morgan fingerprint density at radius 1 is 1.11 bits per heavy atom. The fourth-order valence-corrected chi connectivity index (χ4v) is 2.76. The van der Waals surface area contributed by atoms with Crippen LogP contribution in [0, 0.1) is 11.8 Å². The van der Waals surface area contributed by atoms with E-state index in [4.69, 9.17) is 0 Å². The summed E-state index contributed by atoms with van der Waals surface area (Å²) in [4.78, 5) is 23.2. The minimum absolute atomic E-state index is 0.226. The lowest BCUT2D eigenvalue weighted by atomic mass is 9.78. The van der Waals surface area contributed by atoms with Gasteiger partial charge in [-0.2, -0.15) is 0 Å². The molecule has 1 aliphatic rings. The average molecular weight is 325 g/mol. The number of carbonyl (C=O) groups is 2. The molecule has 4 nitrogen and oxygen atoms in total. The van der Waals surface area contributed by atoms with Crippen LogP contribution in [0.3, 0.4) is 0 Å². The van der Waals surface area contributed by atoms with Crippen LogP contribution in [0.4, 0.5) is 5.69 Å². The van der Waals surface area contributed by atoms with E-state index in [2.05, 4.69) is 21.2 Å². The summed E-state index contributed by atoms with van der Waals surface area (Å²) in [5.74, 6) is -2.49. The highest BCUT2D eigenvalue weighted by Crippen LogP contribution is 2.30. The molecule has 1 aliphatic carbocycles. The van der Waals surface area contributed by atoms with Crippen molar-refractivity contribution in [3.8, 4) is 0 Å². The van der Waals surface area contributed by atoms with Crippen LogP contribution in [0.2, 0.25) is 0 Å². The van der Waals surface area contributed by atoms with Gasteiger partial charge in [-0.3, -0.25) is 4.79 Å². The Morgan fingerprint density at radius 3 is 2.26 bits per heavy atom. The minimum atomic E-state index is -1.12. The predicted molar refractivity (Wildman–Crippen MR) is 73.2 cm³/mol. The van der Waals surface area contributed by atoms with Crippen LogP contribution in [0.5, 0.6) is 0 Å². The molecule has 1 saturated carbocycles. The number of amides is 1. The molecule has 0 aliphatic heterocycles. The molecule has 2 rings (SSSR count). The quantitative estimate of drug-likeness (QED) is 0.923. The molecule has 0 saturated heterocycles. The van der Waals surface area contributed by atoms with Gasteiger partial charge in [0, 0.05) is 28.0 Å². The van der Waals surface area contributed by atoms with Crippen molar-refractivity contribution in [1.29, 1.82) is 0 Å². The number of hydrogen-bond donors (Lipinski definition) is 1. The van der Waals surface area contributed by atoms with Crippen molar-refractivity contribution in [2.75, 3.05) is 5.32 Å². The van der Waals surface area contributed by atoms with Crippen LogP contribution in [0.1, 0.15) is 25.7 Å². The molecule has 1 amide bonds. The van der Waals surface area contributed by atoms with Crippen molar-refractivity contribution < 1.29 is 14.7 Å². The SMILES string of the molecule is O=C([O-])[C@H]1CCCC[C@@H]1C(=O)Nc1ccc(Br)cc1. The average Bonchev–Trinajstić information content (AvgIpc) is 2.41. The summed E-state index contributed by atoms with van der Waals surface area (Å²) in [7, 11) is 0. The molecule has 102 valence electrons. The van der Waals surface area contributed by atoms with Gasteiger partial charge in [-0.05, 0) is 37.1 Å². The molecule has 1 aromatic carbocycles. The minimum Gasteiger partial charge on any atom is -0.550 e. The van der Waals surface area contributed by atoms with Crippen LogP contribution < -0.4 is 10.4 Å². The van der Waals surface area contributed by atoms with E-state index in [1.54, 1.807) is 12.1 Å². The molecule has 0 bridgehead atoms. The molecule has 19 heavy (non-hydrogen) atoms. The summed E-state index contributed by atoms with van der Waals surface area (Å²) >= 11 is 3.32. The van der Waals surface area contributed by atoms with E-state index in [9.17, 15) is 14.7 Å². The molecule has 0 radical (unpaired) electrons. The van der Waals surface area contributed by atoms with E-state index in [0.717, 1.165) is 17.3 Å². The molecule has 1 aromatic rings. The second kappa shape index (κ2) is 6.19. The van der Waals surface area contributed by atoms with Crippen molar-refractivity contribution in [1.82, 2.24) is 0 Å². The smallest absolute Gasteiger partial charge is 0.228 e. The van der Waals surface area contributed by atoms with E-state index in [-0.39, 0.29) is 5.91 Å². The predicted octanol–water partition coefficient (Wildman–Crippen LogP) is 1.94. The molecular weight excluding hydrogens is 310 g/mol. The summed E-state index contributed by atoms with van der Waals surface area (Å²) in [5.41, 5.74) is 0.677. The molecule has 0 unspecified atom stereocenters. The number of nitrogens with one attached hydrogen (secondary N) is 1. The van der Waals surface area contributed by atoms with Crippen LogP contribution in [0.15, 0.2) is 28.7 Å². The van der Waals surface area contributed by atoms with Crippen molar-refractivity contribution in [3.05, 3.63) is 28.7 Å². The molecule has 1 N–H and O–H groups in total. The Bertz CT molecular complexity index is 472. The molecule has 0 heterocycles. The zero-order valence-corrected chi connectivity index (χ0v) is 12.0. The summed E-state index contributed by atoms with van der Waals surface area (Å²) < 4.78 is 0.927. The number of hydrogen-bond acceptors (Lipinski definition) is 3. The van der Waals surface area contributed by atoms with Crippen LogP contribution >= 0.6 is 15.9 Å². The first-order chi connectivity index (χ1) is 9.08. The summed E-state index contributed by atoms with van der Waals surface area (Å²) in [6.45, 7) is 0. The standard InChI is InChI=1S/C14H16BrNO3/c15-9-5-7-10(8-6-9)16-13(17)11-3-1-2-4-12(11)14(18)19/h5-8,11-12H,1-4H2,(H,16,17)(H,18,19)/p-1/t11-,12-/m0/s1. The number of halogens is 1. The maximum atomic E-state index is 12.2. The first kappa shape index (κ1) is 14.1. The summed E-state index contributed by atoms with van der Waals surface area (Å²) in [6, 6.07) is 7.21. The molecule has 0 spiro atoms. The highest BCUT2D eigenvalue weighted by Gasteiger charge is 2.31. The zero-order chi connectivity index (χ0) is 13.8. The second-order valence-electron chi connectivity index (χ2n) is 4.81. The molecule has 2 atom stereocenters. The topological polar surface area (TPSA) is 69.2 Å². The lowest BCUT2D eigenvalue weighted by Crippen LogP contribution is -2.42. The Hall–Kier alpha value is -1.36. The lowest BCUT2D eigenvalue weighted by Gasteiger charge is -2.31.